The van der Waals surface area contributed by atoms with Gasteiger partial charge in [-0.15, -0.1) is 17.2 Å². The Bertz CT molecular complexity index is 69.4. The molecular formula is C10H24N2P2. The Kier molecular flexibility index (Phi) is 9.45. The summed E-state index contributed by atoms with van der Waals surface area (Å²) in [5.41, 5.74) is 0. The van der Waals surface area contributed by atoms with Crippen molar-refractivity contribution in [1.82, 2.24) is 10.6 Å². The van der Waals surface area contributed by atoms with E-state index in [9.17, 15) is 0 Å². The van der Waals surface area contributed by atoms with Crippen LogP contribution in [0.3, 0.4) is 0 Å². The Balaban J connectivity index is 2.00. The Labute approximate surface area is 91.9 Å². The van der Waals surface area contributed by atoms with Crippen LogP contribution in [0.4, 0.5) is 0 Å². The molecule has 1 rings (SSSR count). The highest BCUT2D eigenvalue weighted by Crippen LogP contribution is 2.18. The van der Waals surface area contributed by atoms with Crippen LogP contribution in [0.25, 0.3) is 0 Å². The first-order valence-corrected chi connectivity index (χ1v) is 8.66. The van der Waals surface area contributed by atoms with Crippen LogP contribution in [-0.4, -0.2) is 50.8 Å². The van der Waals surface area contributed by atoms with Crippen LogP contribution in [0.2, 0.25) is 0 Å². The van der Waals surface area contributed by atoms with E-state index in [2.05, 4.69) is 10.6 Å². The second-order valence-corrected chi connectivity index (χ2v) is 6.71. The smallest absolute Gasteiger partial charge is 0.00767 e. The van der Waals surface area contributed by atoms with Gasteiger partial charge in [0.1, 0.15) is 0 Å². The summed E-state index contributed by atoms with van der Waals surface area (Å²) in [6.45, 7) is 4.73. The fraction of sp³-hybridized carbons (Fsp3) is 1.00. The molecule has 1 aliphatic rings. The molecule has 2 atom stereocenters. The average molecular weight is 234 g/mol. The van der Waals surface area contributed by atoms with E-state index in [0.717, 1.165) is 13.1 Å². The molecule has 4 heteroatoms. The maximum atomic E-state index is 3.48. The monoisotopic (exact) mass is 234 g/mol. The maximum Gasteiger partial charge on any atom is 0.00767 e. The highest BCUT2D eigenvalue weighted by Gasteiger charge is 1.94. The molecule has 1 heterocycles. The molecule has 0 aromatic heterocycles. The quantitative estimate of drug-likeness (QED) is 0.618. The Hall–Kier alpha value is 0.780. The van der Waals surface area contributed by atoms with Crippen molar-refractivity contribution in [3.05, 3.63) is 0 Å². The van der Waals surface area contributed by atoms with Crippen molar-refractivity contribution in [2.75, 3.05) is 50.8 Å². The third-order valence-electron chi connectivity index (χ3n) is 2.37. The Morgan fingerprint density at radius 3 is 1.57 bits per heavy atom. The van der Waals surface area contributed by atoms with Crippen molar-refractivity contribution in [2.24, 2.45) is 0 Å². The maximum absolute atomic E-state index is 3.48. The minimum Gasteiger partial charge on any atom is -0.315 e. The molecule has 1 aliphatic heterocycles. The fourth-order valence-corrected chi connectivity index (χ4v) is 4.30. The van der Waals surface area contributed by atoms with Crippen LogP contribution in [0, 0.1) is 0 Å². The van der Waals surface area contributed by atoms with Gasteiger partial charge in [0.25, 0.3) is 0 Å². The Morgan fingerprint density at radius 2 is 1.07 bits per heavy atom. The molecular weight excluding hydrogens is 210 g/mol. The third kappa shape index (κ3) is 8.12. The number of hydrogen-bond acceptors (Lipinski definition) is 2. The van der Waals surface area contributed by atoms with E-state index in [1.165, 1.54) is 67.7 Å². The number of hydrogen-bond donors (Lipinski definition) is 2. The first-order chi connectivity index (χ1) is 7.00. The molecule has 0 amide bonds. The molecule has 0 radical (unpaired) electrons. The molecule has 0 bridgehead atoms. The summed E-state index contributed by atoms with van der Waals surface area (Å²) in [4.78, 5) is 0. The summed E-state index contributed by atoms with van der Waals surface area (Å²) in [7, 11) is 2.45. The summed E-state index contributed by atoms with van der Waals surface area (Å²) in [5.74, 6) is 0. The standard InChI is InChI=1S/C10H24N2P2/c1-3-11-5-6-12-4-2-8-14-10-9-13-7-1/h11-14H,1-10H2. The van der Waals surface area contributed by atoms with Crippen LogP contribution in [-0.2, 0) is 0 Å². The lowest BCUT2D eigenvalue weighted by atomic mass is 10.4. The molecule has 1 saturated heterocycles. The highest BCUT2D eigenvalue weighted by molar-refractivity contribution is 7.42. The molecule has 2 nitrogen and oxygen atoms in total. The zero-order valence-electron chi connectivity index (χ0n) is 9.07. The van der Waals surface area contributed by atoms with Crippen LogP contribution in [0.5, 0.6) is 0 Å². The molecule has 14 heavy (non-hydrogen) atoms. The summed E-state index contributed by atoms with van der Waals surface area (Å²) in [6, 6.07) is 0. The van der Waals surface area contributed by atoms with Gasteiger partial charge in [0.05, 0.1) is 0 Å². The van der Waals surface area contributed by atoms with E-state index in [1.54, 1.807) is 0 Å². The van der Waals surface area contributed by atoms with Gasteiger partial charge in [-0.05, 0) is 50.6 Å². The van der Waals surface area contributed by atoms with Gasteiger partial charge < -0.3 is 10.6 Å². The summed E-state index contributed by atoms with van der Waals surface area (Å²) in [6.07, 6.45) is 8.64. The van der Waals surface area contributed by atoms with Crippen molar-refractivity contribution in [1.29, 1.82) is 0 Å². The molecule has 1 fully saturated rings. The summed E-state index contributed by atoms with van der Waals surface area (Å²) >= 11 is 0. The zero-order chi connectivity index (χ0) is 9.90. The topological polar surface area (TPSA) is 24.1 Å². The second kappa shape index (κ2) is 10.3. The van der Waals surface area contributed by atoms with Crippen molar-refractivity contribution < 1.29 is 0 Å². The Morgan fingerprint density at radius 1 is 0.571 bits per heavy atom. The van der Waals surface area contributed by atoms with Gasteiger partial charge in [-0.25, -0.2) is 0 Å². The van der Waals surface area contributed by atoms with Crippen molar-refractivity contribution in [3.8, 4) is 0 Å². The predicted octanol–water partition coefficient (Wildman–Crippen LogP) is 1.32. The summed E-state index contributed by atoms with van der Waals surface area (Å²) < 4.78 is 0. The van der Waals surface area contributed by atoms with E-state index in [1.807, 2.05) is 0 Å². The minimum atomic E-state index is 1.14. The van der Waals surface area contributed by atoms with Gasteiger partial charge >= 0.3 is 0 Å². The molecule has 2 unspecified atom stereocenters. The van der Waals surface area contributed by atoms with Gasteiger partial charge in [0.2, 0.25) is 0 Å². The van der Waals surface area contributed by atoms with E-state index < -0.39 is 0 Å². The predicted molar refractivity (Wildman–Crippen MR) is 71.1 cm³/mol. The molecule has 0 aromatic carbocycles. The van der Waals surface area contributed by atoms with E-state index >= 15 is 0 Å². The van der Waals surface area contributed by atoms with Gasteiger partial charge in [-0.3, -0.25) is 0 Å². The summed E-state index contributed by atoms with van der Waals surface area (Å²) in [5, 5.41) is 6.97. The number of rotatable bonds is 0. The largest absolute Gasteiger partial charge is 0.315 e. The molecule has 0 aromatic rings. The highest BCUT2D eigenvalue weighted by atomic mass is 31.1. The van der Waals surface area contributed by atoms with Crippen LogP contribution >= 0.6 is 17.2 Å². The average Bonchev–Trinajstić information content (AvgIpc) is 2.22. The van der Waals surface area contributed by atoms with E-state index in [-0.39, 0.29) is 0 Å². The van der Waals surface area contributed by atoms with Crippen molar-refractivity contribution in [3.63, 3.8) is 0 Å². The van der Waals surface area contributed by atoms with Gasteiger partial charge in [0.15, 0.2) is 0 Å². The van der Waals surface area contributed by atoms with Gasteiger partial charge in [-0.2, -0.15) is 0 Å². The molecule has 2 N–H and O–H groups in total. The lowest BCUT2D eigenvalue weighted by molar-refractivity contribution is 0.605. The van der Waals surface area contributed by atoms with E-state index in [4.69, 9.17) is 0 Å². The normalized spacial score (nSPS) is 27.4. The van der Waals surface area contributed by atoms with Gasteiger partial charge in [-0.1, -0.05) is 0 Å². The van der Waals surface area contributed by atoms with Crippen LogP contribution < -0.4 is 10.6 Å². The lowest BCUT2D eigenvalue weighted by Gasteiger charge is -2.08. The minimum absolute atomic E-state index is 1.14. The fourth-order valence-electron chi connectivity index (χ4n) is 1.53. The third-order valence-corrected chi connectivity index (χ3v) is 5.49. The molecule has 0 spiro atoms. The van der Waals surface area contributed by atoms with Crippen molar-refractivity contribution >= 4 is 17.2 Å². The van der Waals surface area contributed by atoms with Crippen molar-refractivity contribution in [2.45, 2.75) is 12.8 Å². The second-order valence-electron chi connectivity index (χ2n) is 3.71. The zero-order valence-corrected chi connectivity index (χ0v) is 11.1. The SMILES string of the molecule is C1CNCCNCCCPCCPC1. The molecule has 84 valence electrons. The van der Waals surface area contributed by atoms with Crippen LogP contribution in [0.15, 0.2) is 0 Å². The number of nitrogens with one attached hydrogen (secondary N) is 2. The molecule has 0 saturated carbocycles. The van der Waals surface area contributed by atoms with Gasteiger partial charge in [0, 0.05) is 13.1 Å². The lowest BCUT2D eigenvalue weighted by Crippen LogP contribution is -2.29. The van der Waals surface area contributed by atoms with E-state index in [0.29, 0.717) is 0 Å². The first kappa shape index (κ1) is 12.8. The first-order valence-electron chi connectivity index (χ1n) is 5.83. The van der Waals surface area contributed by atoms with Crippen LogP contribution in [0.1, 0.15) is 12.8 Å². The molecule has 0 aliphatic carbocycles.